The number of ether oxygens (including phenoxy) is 1. The number of nitriles is 1. The molecule has 18 heavy (non-hydrogen) atoms. The predicted molar refractivity (Wildman–Crippen MR) is 69.1 cm³/mol. The SMILES string of the molecule is C=C(C)CNC(=O)C(C)Oc1ccccc1C#N. The molecule has 0 bridgehead atoms. The fourth-order valence-corrected chi connectivity index (χ4v) is 1.29. The molecule has 0 saturated heterocycles. The molecule has 0 spiro atoms. The molecule has 4 heteroatoms. The molecule has 0 aromatic heterocycles. The zero-order valence-corrected chi connectivity index (χ0v) is 10.6. The van der Waals surface area contributed by atoms with Crippen molar-refractivity contribution >= 4 is 5.91 Å². The van der Waals surface area contributed by atoms with Crippen LogP contribution in [0.1, 0.15) is 19.4 Å². The van der Waals surface area contributed by atoms with Gasteiger partial charge in [-0.05, 0) is 26.0 Å². The largest absolute Gasteiger partial charge is 0.480 e. The highest BCUT2D eigenvalue weighted by atomic mass is 16.5. The Morgan fingerprint density at radius 1 is 1.56 bits per heavy atom. The Balaban J connectivity index is 2.64. The molecule has 0 aliphatic carbocycles. The zero-order chi connectivity index (χ0) is 13.5. The Morgan fingerprint density at radius 3 is 2.83 bits per heavy atom. The van der Waals surface area contributed by atoms with Crippen molar-refractivity contribution < 1.29 is 9.53 Å². The molecule has 4 nitrogen and oxygen atoms in total. The van der Waals surface area contributed by atoms with Crippen LogP contribution in [0.2, 0.25) is 0 Å². The number of benzene rings is 1. The van der Waals surface area contributed by atoms with Gasteiger partial charge in [-0.3, -0.25) is 4.79 Å². The maximum atomic E-state index is 11.7. The van der Waals surface area contributed by atoms with Crippen LogP contribution in [0.25, 0.3) is 0 Å². The van der Waals surface area contributed by atoms with Crippen molar-refractivity contribution in [2.45, 2.75) is 20.0 Å². The number of amides is 1. The minimum atomic E-state index is -0.654. The lowest BCUT2D eigenvalue weighted by atomic mass is 10.2. The van der Waals surface area contributed by atoms with Gasteiger partial charge in [-0.2, -0.15) is 5.26 Å². The van der Waals surface area contributed by atoms with Crippen molar-refractivity contribution in [1.29, 1.82) is 5.26 Å². The van der Waals surface area contributed by atoms with Crippen molar-refractivity contribution in [2.24, 2.45) is 0 Å². The molecule has 0 saturated carbocycles. The third-order valence-corrected chi connectivity index (χ3v) is 2.24. The number of carbonyl (C=O) groups is 1. The Kier molecular flexibility index (Phi) is 4.94. The molecule has 1 aromatic carbocycles. The van der Waals surface area contributed by atoms with Crippen molar-refractivity contribution in [2.75, 3.05) is 6.54 Å². The van der Waals surface area contributed by atoms with Crippen LogP contribution < -0.4 is 10.1 Å². The Bertz CT molecular complexity index is 489. The number of nitrogens with zero attached hydrogens (tertiary/aromatic N) is 1. The minimum absolute atomic E-state index is 0.231. The van der Waals surface area contributed by atoms with Crippen molar-refractivity contribution in [3.8, 4) is 11.8 Å². The number of hydrogen-bond acceptors (Lipinski definition) is 3. The quantitative estimate of drug-likeness (QED) is 0.806. The Morgan fingerprint density at radius 2 is 2.22 bits per heavy atom. The number of para-hydroxylation sites is 1. The summed E-state index contributed by atoms with van der Waals surface area (Å²) >= 11 is 0. The molecule has 1 atom stereocenters. The highest BCUT2D eigenvalue weighted by Crippen LogP contribution is 2.18. The maximum absolute atomic E-state index is 11.7. The second-order valence-electron chi connectivity index (χ2n) is 4.04. The van der Waals surface area contributed by atoms with E-state index in [1.165, 1.54) is 0 Å². The predicted octanol–water partition coefficient (Wildman–Crippen LogP) is 2.02. The number of carbonyl (C=O) groups excluding carboxylic acids is 1. The van der Waals surface area contributed by atoms with Gasteiger partial charge in [-0.1, -0.05) is 24.3 Å². The molecule has 0 aliphatic heterocycles. The molecule has 0 radical (unpaired) electrons. The molecule has 1 N–H and O–H groups in total. The second-order valence-corrected chi connectivity index (χ2v) is 4.04. The summed E-state index contributed by atoms with van der Waals surface area (Å²) in [5.41, 5.74) is 1.28. The standard InChI is InChI=1S/C14H16N2O2/c1-10(2)9-16-14(17)11(3)18-13-7-5-4-6-12(13)8-15/h4-7,11H,1,9H2,2-3H3,(H,16,17). The highest BCUT2D eigenvalue weighted by molar-refractivity contribution is 5.81. The molecular formula is C14H16N2O2. The van der Waals surface area contributed by atoms with Crippen LogP contribution in [0.15, 0.2) is 36.4 Å². The lowest BCUT2D eigenvalue weighted by molar-refractivity contribution is -0.127. The first-order valence-electron chi connectivity index (χ1n) is 5.62. The molecule has 0 fully saturated rings. The van der Waals surface area contributed by atoms with Crippen LogP contribution >= 0.6 is 0 Å². The van der Waals surface area contributed by atoms with E-state index in [4.69, 9.17) is 10.00 Å². The molecule has 1 aromatic rings. The van der Waals surface area contributed by atoms with Gasteiger partial charge in [-0.15, -0.1) is 0 Å². The minimum Gasteiger partial charge on any atom is -0.480 e. The third kappa shape index (κ3) is 3.95. The van der Waals surface area contributed by atoms with Gasteiger partial charge in [-0.25, -0.2) is 0 Å². The van der Waals surface area contributed by atoms with Gasteiger partial charge in [0.05, 0.1) is 5.56 Å². The molecular weight excluding hydrogens is 228 g/mol. The van der Waals surface area contributed by atoms with Gasteiger partial charge in [0.15, 0.2) is 6.10 Å². The topological polar surface area (TPSA) is 62.1 Å². The summed E-state index contributed by atoms with van der Waals surface area (Å²) in [5, 5.41) is 11.6. The number of rotatable bonds is 5. The van der Waals surface area contributed by atoms with E-state index in [1.807, 2.05) is 13.0 Å². The van der Waals surface area contributed by atoms with Gasteiger partial charge in [0, 0.05) is 6.54 Å². The number of hydrogen-bond donors (Lipinski definition) is 1. The van der Waals surface area contributed by atoms with Crippen molar-refractivity contribution in [3.05, 3.63) is 42.0 Å². The molecule has 0 aliphatic rings. The lowest BCUT2D eigenvalue weighted by Crippen LogP contribution is -2.37. The van der Waals surface area contributed by atoms with E-state index in [-0.39, 0.29) is 5.91 Å². The summed E-state index contributed by atoms with van der Waals surface area (Å²) in [5.74, 6) is 0.184. The summed E-state index contributed by atoms with van der Waals surface area (Å²) in [6.45, 7) is 7.59. The van der Waals surface area contributed by atoms with E-state index in [0.717, 1.165) is 5.57 Å². The first-order chi connectivity index (χ1) is 8.54. The fraction of sp³-hybridized carbons (Fsp3) is 0.286. The third-order valence-electron chi connectivity index (χ3n) is 2.24. The average Bonchev–Trinajstić information content (AvgIpc) is 2.36. The zero-order valence-electron chi connectivity index (χ0n) is 10.6. The van der Waals surface area contributed by atoms with Gasteiger partial charge in [0.2, 0.25) is 0 Å². The second kappa shape index (κ2) is 6.45. The van der Waals surface area contributed by atoms with E-state index >= 15 is 0 Å². The summed E-state index contributed by atoms with van der Waals surface area (Å²) in [7, 11) is 0. The lowest BCUT2D eigenvalue weighted by Gasteiger charge is -2.15. The van der Waals surface area contributed by atoms with Gasteiger partial charge >= 0.3 is 0 Å². The van der Waals surface area contributed by atoms with Gasteiger partial charge < -0.3 is 10.1 Å². The molecule has 1 unspecified atom stereocenters. The molecule has 1 amide bonds. The summed E-state index contributed by atoms with van der Waals surface area (Å²) in [6.07, 6.45) is -0.654. The highest BCUT2D eigenvalue weighted by Gasteiger charge is 2.15. The van der Waals surface area contributed by atoms with Crippen LogP contribution in [0, 0.1) is 11.3 Å². The van der Waals surface area contributed by atoms with Crippen LogP contribution in [0.5, 0.6) is 5.75 Å². The normalized spacial score (nSPS) is 11.2. The first-order valence-corrected chi connectivity index (χ1v) is 5.62. The van der Waals surface area contributed by atoms with E-state index in [2.05, 4.69) is 11.9 Å². The van der Waals surface area contributed by atoms with Crippen LogP contribution in [-0.2, 0) is 4.79 Å². The Labute approximate surface area is 107 Å². The van der Waals surface area contributed by atoms with Crippen molar-refractivity contribution in [3.63, 3.8) is 0 Å². The van der Waals surface area contributed by atoms with Crippen LogP contribution in [0.3, 0.4) is 0 Å². The first kappa shape index (κ1) is 13.8. The Hall–Kier alpha value is -2.28. The average molecular weight is 244 g/mol. The van der Waals surface area contributed by atoms with E-state index in [1.54, 1.807) is 31.2 Å². The van der Waals surface area contributed by atoms with Gasteiger partial charge in [0.25, 0.3) is 5.91 Å². The van der Waals surface area contributed by atoms with E-state index in [0.29, 0.717) is 17.9 Å². The number of nitrogens with one attached hydrogen (secondary N) is 1. The molecule has 1 rings (SSSR count). The maximum Gasteiger partial charge on any atom is 0.261 e. The van der Waals surface area contributed by atoms with Crippen molar-refractivity contribution in [1.82, 2.24) is 5.32 Å². The summed E-state index contributed by atoms with van der Waals surface area (Å²) in [4.78, 5) is 11.7. The van der Waals surface area contributed by atoms with Gasteiger partial charge in [0.1, 0.15) is 11.8 Å². The van der Waals surface area contributed by atoms with Crippen LogP contribution in [0.4, 0.5) is 0 Å². The fourth-order valence-electron chi connectivity index (χ4n) is 1.29. The summed E-state index contributed by atoms with van der Waals surface area (Å²) in [6, 6.07) is 8.84. The van der Waals surface area contributed by atoms with E-state index < -0.39 is 6.10 Å². The molecule has 0 heterocycles. The van der Waals surface area contributed by atoms with Crippen LogP contribution in [-0.4, -0.2) is 18.6 Å². The smallest absolute Gasteiger partial charge is 0.261 e. The monoisotopic (exact) mass is 244 g/mol. The summed E-state index contributed by atoms with van der Waals surface area (Å²) < 4.78 is 5.47. The van der Waals surface area contributed by atoms with E-state index in [9.17, 15) is 4.79 Å². The molecule has 94 valence electrons.